The van der Waals surface area contributed by atoms with Crippen molar-refractivity contribution in [1.82, 2.24) is 4.98 Å². The summed E-state index contributed by atoms with van der Waals surface area (Å²) in [6.45, 7) is 2.32. The van der Waals surface area contributed by atoms with E-state index in [4.69, 9.17) is 4.74 Å². The summed E-state index contributed by atoms with van der Waals surface area (Å²) in [5, 5.41) is 0. The van der Waals surface area contributed by atoms with Crippen LogP contribution in [0.5, 0.6) is 5.75 Å². The third kappa shape index (κ3) is 2.94. The van der Waals surface area contributed by atoms with Crippen molar-refractivity contribution < 1.29 is 4.74 Å². The lowest BCUT2D eigenvalue weighted by Crippen LogP contribution is -2.23. The standard InChI is InChI=1S/C12H16BrNO/c1-9-4-6-10(7-5-9)15-11-3-2-8-14-12(11)13/h2-3,8-10H,4-7H2,1H3. The molecular formula is C12H16BrNO. The molecule has 1 aromatic heterocycles. The Kier molecular flexibility index (Phi) is 3.62. The molecule has 1 aliphatic rings. The molecule has 0 aliphatic heterocycles. The average molecular weight is 270 g/mol. The second-order valence-corrected chi connectivity index (χ2v) is 5.04. The molecule has 0 spiro atoms. The Labute approximate surface area is 99.2 Å². The SMILES string of the molecule is CC1CCC(Oc2cccnc2Br)CC1. The first-order valence-corrected chi connectivity index (χ1v) is 6.32. The molecule has 0 aromatic carbocycles. The number of pyridine rings is 1. The molecule has 0 unspecified atom stereocenters. The van der Waals surface area contributed by atoms with Crippen molar-refractivity contribution in [1.29, 1.82) is 0 Å². The summed E-state index contributed by atoms with van der Waals surface area (Å²) in [5.41, 5.74) is 0. The van der Waals surface area contributed by atoms with Gasteiger partial charge in [0.15, 0.2) is 5.75 Å². The lowest BCUT2D eigenvalue weighted by atomic mass is 9.89. The molecule has 2 rings (SSSR count). The predicted molar refractivity (Wildman–Crippen MR) is 64.0 cm³/mol. The molecular weight excluding hydrogens is 254 g/mol. The van der Waals surface area contributed by atoms with Gasteiger partial charge in [0.05, 0.1) is 6.10 Å². The number of ether oxygens (including phenoxy) is 1. The lowest BCUT2D eigenvalue weighted by molar-refractivity contribution is 0.134. The molecule has 15 heavy (non-hydrogen) atoms. The van der Waals surface area contributed by atoms with Crippen LogP contribution in [0.2, 0.25) is 0 Å². The van der Waals surface area contributed by atoms with Crippen molar-refractivity contribution in [2.75, 3.05) is 0 Å². The van der Waals surface area contributed by atoms with E-state index < -0.39 is 0 Å². The van der Waals surface area contributed by atoms with E-state index in [-0.39, 0.29) is 0 Å². The molecule has 3 heteroatoms. The van der Waals surface area contributed by atoms with Crippen molar-refractivity contribution in [2.45, 2.75) is 38.7 Å². The van der Waals surface area contributed by atoms with Gasteiger partial charge in [0.1, 0.15) is 4.60 Å². The molecule has 1 aromatic rings. The van der Waals surface area contributed by atoms with E-state index in [1.807, 2.05) is 12.1 Å². The Morgan fingerprint density at radius 2 is 2.07 bits per heavy atom. The molecule has 1 heterocycles. The van der Waals surface area contributed by atoms with Crippen LogP contribution in [0.3, 0.4) is 0 Å². The topological polar surface area (TPSA) is 22.1 Å². The van der Waals surface area contributed by atoms with Crippen molar-refractivity contribution >= 4 is 15.9 Å². The Balaban J connectivity index is 1.95. The summed E-state index contributed by atoms with van der Waals surface area (Å²) in [7, 11) is 0. The minimum atomic E-state index is 0.377. The first-order chi connectivity index (χ1) is 7.25. The Bertz CT molecular complexity index is 321. The van der Waals surface area contributed by atoms with E-state index in [0.29, 0.717) is 6.10 Å². The van der Waals surface area contributed by atoms with Gasteiger partial charge in [-0.05, 0) is 59.7 Å². The van der Waals surface area contributed by atoms with Gasteiger partial charge in [0.25, 0.3) is 0 Å². The highest BCUT2D eigenvalue weighted by Crippen LogP contribution is 2.29. The van der Waals surface area contributed by atoms with Gasteiger partial charge in [0, 0.05) is 6.20 Å². The first-order valence-electron chi connectivity index (χ1n) is 5.53. The van der Waals surface area contributed by atoms with Crippen LogP contribution in [0.25, 0.3) is 0 Å². The zero-order valence-electron chi connectivity index (χ0n) is 8.95. The van der Waals surface area contributed by atoms with Crippen LogP contribution in [0.15, 0.2) is 22.9 Å². The van der Waals surface area contributed by atoms with Crippen molar-refractivity contribution in [3.63, 3.8) is 0 Å². The molecule has 0 radical (unpaired) electrons. The second-order valence-electron chi connectivity index (χ2n) is 4.29. The zero-order valence-corrected chi connectivity index (χ0v) is 10.5. The summed E-state index contributed by atoms with van der Waals surface area (Å²) in [5.74, 6) is 1.74. The smallest absolute Gasteiger partial charge is 0.152 e. The van der Waals surface area contributed by atoms with E-state index in [0.717, 1.165) is 16.3 Å². The average Bonchev–Trinajstić information content (AvgIpc) is 2.25. The zero-order chi connectivity index (χ0) is 10.7. The fourth-order valence-electron chi connectivity index (χ4n) is 1.99. The Hall–Kier alpha value is -0.570. The van der Waals surface area contributed by atoms with Crippen LogP contribution in [-0.2, 0) is 0 Å². The van der Waals surface area contributed by atoms with Crippen LogP contribution < -0.4 is 4.74 Å². The third-order valence-corrected chi connectivity index (χ3v) is 3.58. The van der Waals surface area contributed by atoms with E-state index in [1.165, 1.54) is 25.7 Å². The molecule has 82 valence electrons. The van der Waals surface area contributed by atoms with Crippen LogP contribution in [0, 0.1) is 5.92 Å². The summed E-state index contributed by atoms with van der Waals surface area (Å²) in [6, 6.07) is 3.88. The minimum absolute atomic E-state index is 0.377. The number of rotatable bonds is 2. The van der Waals surface area contributed by atoms with E-state index in [9.17, 15) is 0 Å². The second kappa shape index (κ2) is 4.97. The molecule has 0 amide bonds. The van der Waals surface area contributed by atoms with Gasteiger partial charge in [-0.2, -0.15) is 0 Å². The molecule has 1 saturated carbocycles. The maximum Gasteiger partial charge on any atom is 0.152 e. The van der Waals surface area contributed by atoms with Gasteiger partial charge in [-0.25, -0.2) is 4.98 Å². The third-order valence-electron chi connectivity index (χ3n) is 2.98. The van der Waals surface area contributed by atoms with Crippen LogP contribution in [0.1, 0.15) is 32.6 Å². The molecule has 1 aliphatic carbocycles. The normalized spacial score (nSPS) is 26.3. The summed E-state index contributed by atoms with van der Waals surface area (Å²) in [4.78, 5) is 4.15. The molecule has 0 saturated heterocycles. The van der Waals surface area contributed by atoms with Gasteiger partial charge < -0.3 is 4.74 Å². The van der Waals surface area contributed by atoms with Gasteiger partial charge in [-0.3, -0.25) is 0 Å². The quantitative estimate of drug-likeness (QED) is 0.762. The van der Waals surface area contributed by atoms with Crippen molar-refractivity contribution in [2.24, 2.45) is 5.92 Å². The fourth-order valence-corrected chi connectivity index (χ4v) is 2.33. The highest BCUT2D eigenvalue weighted by Gasteiger charge is 2.20. The first kappa shape index (κ1) is 10.9. The molecule has 0 atom stereocenters. The Morgan fingerprint density at radius 3 is 2.73 bits per heavy atom. The van der Waals surface area contributed by atoms with Crippen LogP contribution in [-0.4, -0.2) is 11.1 Å². The number of hydrogen-bond acceptors (Lipinski definition) is 2. The van der Waals surface area contributed by atoms with Gasteiger partial charge >= 0.3 is 0 Å². The summed E-state index contributed by atoms with van der Waals surface area (Å²) >= 11 is 3.40. The monoisotopic (exact) mass is 269 g/mol. The largest absolute Gasteiger partial charge is 0.488 e. The van der Waals surface area contributed by atoms with Gasteiger partial charge in [-0.1, -0.05) is 6.92 Å². The van der Waals surface area contributed by atoms with E-state index in [1.54, 1.807) is 6.20 Å². The summed E-state index contributed by atoms with van der Waals surface area (Å²) in [6.07, 6.45) is 7.04. The van der Waals surface area contributed by atoms with Gasteiger partial charge in [0.2, 0.25) is 0 Å². The van der Waals surface area contributed by atoms with Crippen LogP contribution in [0.4, 0.5) is 0 Å². The van der Waals surface area contributed by atoms with Gasteiger partial charge in [-0.15, -0.1) is 0 Å². The number of aromatic nitrogens is 1. The number of hydrogen-bond donors (Lipinski definition) is 0. The molecule has 0 N–H and O–H groups in total. The molecule has 0 bridgehead atoms. The summed E-state index contributed by atoms with van der Waals surface area (Å²) < 4.78 is 6.73. The van der Waals surface area contributed by atoms with Crippen molar-refractivity contribution in [3.8, 4) is 5.75 Å². The molecule has 2 nitrogen and oxygen atoms in total. The highest BCUT2D eigenvalue weighted by atomic mass is 79.9. The minimum Gasteiger partial charge on any atom is -0.488 e. The Morgan fingerprint density at radius 1 is 1.33 bits per heavy atom. The maximum absolute atomic E-state index is 5.93. The van der Waals surface area contributed by atoms with Crippen molar-refractivity contribution in [3.05, 3.63) is 22.9 Å². The maximum atomic E-state index is 5.93. The predicted octanol–water partition coefficient (Wildman–Crippen LogP) is 3.80. The fraction of sp³-hybridized carbons (Fsp3) is 0.583. The van der Waals surface area contributed by atoms with Crippen LogP contribution >= 0.6 is 15.9 Å². The highest BCUT2D eigenvalue weighted by molar-refractivity contribution is 9.10. The molecule has 1 fully saturated rings. The number of nitrogens with zero attached hydrogens (tertiary/aromatic N) is 1. The lowest BCUT2D eigenvalue weighted by Gasteiger charge is -2.26. The van der Waals surface area contributed by atoms with E-state index >= 15 is 0 Å². The van der Waals surface area contributed by atoms with E-state index in [2.05, 4.69) is 27.8 Å². The number of halogens is 1.